The predicted molar refractivity (Wildman–Crippen MR) is 110 cm³/mol. The number of nitrogens with zero attached hydrogens (tertiary/aromatic N) is 1. The molecule has 1 atom stereocenters. The number of rotatable bonds is 6. The summed E-state index contributed by atoms with van der Waals surface area (Å²) in [5.74, 6) is -1.10. The summed E-state index contributed by atoms with van der Waals surface area (Å²) in [6, 6.07) is 10.8. The van der Waals surface area contributed by atoms with Gasteiger partial charge in [-0.25, -0.2) is 8.78 Å². The summed E-state index contributed by atoms with van der Waals surface area (Å²) in [7, 11) is 0. The zero-order valence-corrected chi connectivity index (χ0v) is 17.4. The third-order valence-corrected chi connectivity index (χ3v) is 5.80. The number of halogens is 2. The highest BCUT2D eigenvalue weighted by molar-refractivity contribution is 5.94. The standard InChI is InChI=1S/C24H27F2NO3/c1-3-30-23(28)15-21(17-6-8-20(25)9-7-17)18-10-12-27(13-11-18)24(29)19-5-4-16(2)22(26)14-19/h4-9,14,18,21H,3,10-13,15H2,1-2H3/t21-/m1/s1. The average molecular weight is 415 g/mol. The molecule has 2 aromatic rings. The number of esters is 1. The molecule has 1 amide bonds. The largest absolute Gasteiger partial charge is 0.466 e. The Balaban J connectivity index is 1.70. The number of ether oxygens (including phenoxy) is 1. The van der Waals surface area contributed by atoms with Crippen molar-refractivity contribution in [3.05, 3.63) is 70.8 Å². The lowest BCUT2D eigenvalue weighted by Gasteiger charge is -2.36. The Morgan fingerprint density at radius 1 is 1.10 bits per heavy atom. The van der Waals surface area contributed by atoms with Crippen LogP contribution in [0.1, 0.15) is 53.6 Å². The zero-order chi connectivity index (χ0) is 21.7. The van der Waals surface area contributed by atoms with Crippen molar-refractivity contribution in [3.63, 3.8) is 0 Å². The number of carbonyl (C=O) groups excluding carboxylic acids is 2. The maximum absolute atomic E-state index is 13.8. The highest BCUT2D eigenvalue weighted by Crippen LogP contribution is 2.36. The lowest BCUT2D eigenvalue weighted by molar-refractivity contribution is -0.144. The normalized spacial score (nSPS) is 15.7. The van der Waals surface area contributed by atoms with E-state index in [1.807, 2.05) is 0 Å². The Bertz CT molecular complexity index is 890. The van der Waals surface area contributed by atoms with Crippen LogP contribution in [0.4, 0.5) is 8.78 Å². The fraction of sp³-hybridized carbons (Fsp3) is 0.417. The van der Waals surface area contributed by atoms with Crippen molar-refractivity contribution in [1.29, 1.82) is 0 Å². The Hall–Kier alpha value is -2.76. The SMILES string of the molecule is CCOC(=O)C[C@H](c1ccc(F)cc1)C1CCN(C(=O)c2ccc(C)c(F)c2)CC1. The lowest BCUT2D eigenvalue weighted by atomic mass is 9.78. The van der Waals surface area contributed by atoms with Gasteiger partial charge in [0.25, 0.3) is 5.91 Å². The van der Waals surface area contributed by atoms with Crippen LogP contribution in [0, 0.1) is 24.5 Å². The first-order valence-electron chi connectivity index (χ1n) is 10.4. The van der Waals surface area contributed by atoms with Gasteiger partial charge in [0.2, 0.25) is 0 Å². The van der Waals surface area contributed by atoms with Crippen LogP contribution in [0.5, 0.6) is 0 Å². The average Bonchev–Trinajstić information content (AvgIpc) is 2.74. The van der Waals surface area contributed by atoms with Crippen molar-refractivity contribution >= 4 is 11.9 Å². The van der Waals surface area contributed by atoms with E-state index in [0.29, 0.717) is 43.7 Å². The smallest absolute Gasteiger partial charge is 0.306 e. The second kappa shape index (κ2) is 9.83. The van der Waals surface area contributed by atoms with E-state index in [9.17, 15) is 18.4 Å². The van der Waals surface area contributed by atoms with Crippen LogP contribution in [0.3, 0.4) is 0 Å². The Kier molecular flexibility index (Phi) is 7.19. The minimum absolute atomic E-state index is 0.0984. The molecule has 0 aromatic heterocycles. The molecule has 1 heterocycles. The van der Waals surface area contributed by atoms with Crippen molar-refractivity contribution in [2.75, 3.05) is 19.7 Å². The molecule has 0 saturated carbocycles. The van der Waals surface area contributed by atoms with Crippen molar-refractivity contribution in [3.8, 4) is 0 Å². The van der Waals surface area contributed by atoms with Crippen LogP contribution >= 0.6 is 0 Å². The topological polar surface area (TPSA) is 46.6 Å². The monoisotopic (exact) mass is 415 g/mol. The van der Waals surface area contributed by atoms with Crippen LogP contribution in [-0.2, 0) is 9.53 Å². The summed E-state index contributed by atoms with van der Waals surface area (Å²) in [4.78, 5) is 26.6. The Morgan fingerprint density at radius 3 is 2.37 bits per heavy atom. The van der Waals surface area contributed by atoms with E-state index >= 15 is 0 Å². The van der Waals surface area contributed by atoms with Gasteiger partial charge in [-0.05, 0) is 73.9 Å². The third-order valence-electron chi connectivity index (χ3n) is 5.80. The summed E-state index contributed by atoms with van der Waals surface area (Å²) in [6.45, 7) is 4.80. The van der Waals surface area contributed by atoms with E-state index < -0.39 is 0 Å². The van der Waals surface area contributed by atoms with Gasteiger partial charge in [-0.15, -0.1) is 0 Å². The zero-order valence-electron chi connectivity index (χ0n) is 17.4. The van der Waals surface area contributed by atoms with Crippen LogP contribution in [-0.4, -0.2) is 36.5 Å². The summed E-state index contributed by atoms with van der Waals surface area (Å²) < 4.78 is 32.3. The van der Waals surface area contributed by atoms with Gasteiger partial charge in [-0.2, -0.15) is 0 Å². The van der Waals surface area contributed by atoms with Crippen LogP contribution in [0.2, 0.25) is 0 Å². The first kappa shape index (κ1) is 21.9. The van der Waals surface area contributed by atoms with Crippen molar-refractivity contribution in [2.45, 2.75) is 39.0 Å². The second-order valence-corrected chi connectivity index (χ2v) is 7.76. The van der Waals surface area contributed by atoms with Crippen LogP contribution in [0.15, 0.2) is 42.5 Å². The molecule has 1 aliphatic heterocycles. The molecule has 1 fully saturated rings. The number of hydrogen-bond acceptors (Lipinski definition) is 3. The molecule has 4 nitrogen and oxygen atoms in total. The van der Waals surface area contributed by atoms with Gasteiger partial charge < -0.3 is 9.64 Å². The number of carbonyl (C=O) groups is 2. The molecule has 160 valence electrons. The highest BCUT2D eigenvalue weighted by atomic mass is 19.1. The molecule has 6 heteroatoms. The first-order valence-corrected chi connectivity index (χ1v) is 10.4. The maximum atomic E-state index is 13.8. The van der Waals surface area contributed by atoms with Gasteiger partial charge in [0.05, 0.1) is 13.0 Å². The molecule has 0 N–H and O–H groups in total. The molecule has 3 rings (SSSR count). The fourth-order valence-electron chi connectivity index (χ4n) is 4.08. The van der Waals surface area contributed by atoms with Crippen molar-refractivity contribution in [2.24, 2.45) is 5.92 Å². The van der Waals surface area contributed by atoms with Crippen LogP contribution in [0.25, 0.3) is 0 Å². The molecule has 0 unspecified atom stereocenters. The molecule has 0 spiro atoms. The van der Waals surface area contributed by atoms with Gasteiger partial charge in [0, 0.05) is 18.7 Å². The summed E-state index contributed by atoms with van der Waals surface area (Å²) in [5.41, 5.74) is 1.75. The van der Waals surface area contributed by atoms with E-state index in [2.05, 4.69) is 0 Å². The van der Waals surface area contributed by atoms with E-state index in [-0.39, 0.29) is 41.8 Å². The minimum atomic E-state index is -0.387. The molecule has 1 saturated heterocycles. The predicted octanol–water partition coefficient (Wildman–Crippen LogP) is 4.86. The number of likely N-dealkylation sites (tertiary alicyclic amines) is 1. The van der Waals surface area contributed by atoms with Gasteiger partial charge >= 0.3 is 5.97 Å². The summed E-state index contributed by atoms with van der Waals surface area (Å²) in [6.07, 6.45) is 1.64. The van der Waals surface area contributed by atoms with Crippen LogP contribution < -0.4 is 0 Å². The summed E-state index contributed by atoms with van der Waals surface area (Å²) >= 11 is 0. The number of benzene rings is 2. The molecule has 30 heavy (non-hydrogen) atoms. The molecule has 1 aliphatic rings. The van der Waals surface area contributed by atoms with Gasteiger partial charge in [0.15, 0.2) is 0 Å². The molecular weight excluding hydrogens is 388 g/mol. The molecule has 0 radical (unpaired) electrons. The first-order chi connectivity index (χ1) is 14.4. The van der Waals surface area contributed by atoms with E-state index in [4.69, 9.17) is 4.74 Å². The molecular formula is C24H27F2NO3. The quantitative estimate of drug-likeness (QED) is 0.633. The van der Waals surface area contributed by atoms with Crippen molar-refractivity contribution < 1.29 is 23.1 Å². The minimum Gasteiger partial charge on any atom is -0.466 e. The maximum Gasteiger partial charge on any atom is 0.306 e. The van der Waals surface area contributed by atoms with Gasteiger partial charge in [0.1, 0.15) is 11.6 Å². The molecule has 0 aliphatic carbocycles. The Morgan fingerprint density at radius 2 is 1.77 bits per heavy atom. The van der Waals surface area contributed by atoms with Gasteiger partial charge in [-0.3, -0.25) is 9.59 Å². The Labute approximate surface area is 175 Å². The molecule has 2 aromatic carbocycles. The van der Waals surface area contributed by atoms with E-state index in [1.165, 1.54) is 18.2 Å². The van der Waals surface area contributed by atoms with Gasteiger partial charge in [-0.1, -0.05) is 18.2 Å². The van der Waals surface area contributed by atoms with Crippen molar-refractivity contribution in [1.82, 2.24) is 4.90 Å². The molecule has 0 bridgehead atoms. The summed E-state index contributed by atoms with van der Waals surface area (Å²) in [5, 5.41) is 0. The number of amides is 1. The highest BCUT2D eigenvalue weighted by Gasteiger charge is 2.31. The van der Waals surface area contributed by atoms with E-state index in [0.717, 1.165) is 5.56 Å². The lowest BCUT2D eigenvalue weighted by Crippen LogP contribution is -2.40. The third kappa shape index (κ3) is 5.23. The number of hydrogen-bond donors (Lipinski definition) is 0. The number of aryl methyl sites for hydroxylation is 1. The second-order valence-electron chi connectivity index (χ2n) is 7.76. The fourth-order valence-corrected chi connectivity index (χ4v) is 4.08. The number of piperidine rings is 1. The van der Waals surface area contributed by atoms with E-state index in [1.54, 1.807) is 43.0 Å².